The van der Waals surface area contributed by atoms with Crippen LogP contribution in [-0.2, 0) is 4.74 Å². The van der Waals surface area contributed by atoms with Crippen LogP contribution in [0.3, 0.4) is 0 Å². The number of halogens is 1. The number of carbonyl (C=O) groups excluding carboxylic acids is 1. The van der Waals surface area contributed by atoms with Crippen molar-refractivity contribution in [3.63, 3.8) is 0 Å². The third-order valence-corrected chi connectivity index (χ3v) is 1.80. The first kappa shape index (κ1) is 11.5. The zero-order chi connectivity index (χ0) is 8.27. The van der Waals surface area contributed by atoms with Crippen molar-refractivity contribution in [1.29, 1.82) is 0 Å². The monoisotopic (exact) mass is 194 g/mol. The second-order valence-corrected chi connectivity index (χ2v) is 2.77. The summed E-state index contributed by atoms with van der Waals surface area (Å²) in [7, 11) is 1.41. The van der Waals surface area contributed by atoms with Gasteiger partial charge in [-0.2, -0.15) is 0 Å². The molecule has 1 N–H and O–H groups in total. The molecule has 0 aromatic rings. The summed E-state index contributed by atoms with van der Waals surface area (Å²) in [6.07, 6.45) is -0.224. The minimum Gasteiger partial charge on any atom is -0.453 e. The van der Waals surface area contributed by atoms with E-state index in [2.05, 4.69) is 17.0 Å². The number of nitrogens with zero attached hydrogens (tertiary/aromatic N) is 1. The molecule has 0 spiro atoms. The van der Waals surface area contributed by atoms with Crippen LogP contribution in [0.5, 0.6) is 0 Å². The fourth-order valence-corrected chi connectivity index (χ4v) is 1.23. The molecule has 0 aromatic carbocycles. The summed E-state index contributed by atoms with van der Waals surface area (Å²) in [4.78, 5) is 12.7. The summed E-state index contributed by atoms with van der Waals surface area (Å²) in [5.41, 5.74) is 0. The van der Waals surface area contributed by atoms with Crippen molar-refractivity contribution in [1.82, 2.24) is 10.2 Å². The third-order valence-electron chi connectivity index (χ3n) is 1.80. The van der Waals surface area contributed by atoms with Crippen LogP contribution in [0.2, 0.25) is 0 Å². The van der Waals surface area contributed by atoms with Crippen molar-refractivity contribution in [3.05, 3.63) is 0 Å². The average molecular weight is 195 g/mol. The molecule has 5 heteroatoms. The van der Waals surface area contributed by atoms with Crippen LogP contribution >= 0.6 is 12.4 Å². The van der Waals surface area contributed by atoms with Crippen LogP contribution in [0.1, 0.15) is 6.92 Å². The number of ether oxygens (including phenoxy) is 1. The Kier molecular flexibility index (Phi) is 5.01. The largest absolute Gasteiger partial charge is 0.453 e. The van der Waals surface area contributed by atoms with Crippen LogP contribution in [0.15, 0.2) is 0 Å². The molecule has 0 radical (unpaired) electrons. The van der Waals surface area contributed by atoms with Gasteiger partial charge >= 0.3 is 6.09 Å². The van der Waals surface area contributed by atoms with E-state index in [1.165, 1.54) is 7.11 Å². The molecule has 4 nitrogen and oxygen atoms in total. The van der Waals surface area contributed by atoms with Crippen molar-refractivity contribution in [3.8, 4) is 0 Å². The second-order valence-electron chi connectivity index (χ2n) is 2.77. The number of piperazine rings is 1. The van der Waals surface area contributed by atoms with Gasteiger partial charge in [0.2, 0.25) is 0 Å². The Morgan fingerprint density at radius 1 is 1.67 bits per heavy atom. The normalized spacial score (nSPS) is 22.8. The first-order valence-corrected chi connectivity index (χ1v) is 3.80. The predicted octanol–water partition coefficient (Wildman–Crippen LogP) is 0.468. The summed E-state index contributed by atoms with van der Waals surface area (Å²) in [5, 5.41) is 3.24. The lowest BCUT2D eigenvalue weighted by molar-refractivity contribution is 0.111. The number of rotatable bonds is 0. The summed E-state index contributed by atoms with van der Waals surface area (Å²) < 4.78 is 4.60. The number of methoxy groups -OCH3 is 1. The van der Waals surface area contributed by atoms with E-state index < -0.39 is 0 Å². The van der Waals surface area contributed by atoms with E-state index in [4.69, 9.17) is 0 Å². The molecule has 0 bridgehead atoms. The van der Waals surface area contributed by atoms with E-state index in [0.29, 0.717) is 6.04 Å². The van der Waals surface area contributed by atoms with Crippen LogP contribution in [0.25, 0.3) is 0 Å². The summed E-state index contributed by atoms with van der Waals surface area (Å²) in [6, 6.07) is 0.378. The van der Waals surface area contributed by atoms with Crippen molar-refractivity contribution < 1.29 is 9.53 Å². The average Bonchev–Trinajstić information content (AvgIpc) is 2.03. The molecule has 0 aliphatic carbocycles. The van der Waals surface area contributed by atoms with E-state index in [9.17, 15) is 4.79 Å². The Morgan fingerprint density at radius 3 is 2.83 bits per heavy atom. The Balaban J connectivity index is 0.00000121. The molecule has 1 amide bonds. The van der Waals surface area contributed by atoms with Crippen molar-refractivity contribution in [2.45, 2.75) is 13.0 Å². The van der Waals surface area contributed by atoms with Crippen molar-refractivity contribution in [2.24, 2.45) is 0 Å². The standard InChI is InChI=1S/C7H14N2O2.ClH/c1-6-5-9(4-3-8-6)7(10)11-2;/h6,8H,3-5H2,1-2H3;1H/t6-;/m0./s1. The summed E-state index contributed by atoms with van der Waals surface area (Å²) >= 11 is 0. The second kappa shape index (κ2) is 5.22. The molecule has 1 saturated heterocycles. The molecule has 1 aliphatic heterocycles. The molecule has 1 heterocycles. The predicted molar refractivity (Wildman–Crippen MR) is 48.7 cm³/mol. The highest BCUT2D eigenvalue weighted by molar-refractivity contribution is 5.85. The van der Waals surface area contributed by atoms with Gasteiger partial charge in [0, 0.05) is 25.7 Å². The minimum absolute atomic E-state index is 0. The van der Waals surface area contributed by atoms with Crippen LogP contribution in [-0.4, -0.2) is 43.8 Å². The zero-order valence-corrected chi connectivity index (χ0v) is 8.19. The highest BCUT2D eigenvalue weighted by Crippen LogP contribution is 1.99. The van der Waals surface area contributed by atoms with Crippen LogP contribution in [0, 0.1) is 0 Å². The molecule has 12 heavy (non-hydrogen) atoms. The van der Waals surface area contributed by atoms with Gasteiger partial charge in [0.1, 0.15) is 0 Å². The SMILES string of the molecule is COC(=O)N1CCN[C@@H](C)C1.Cl. The van der Waals surface area contributed by atoms with Gasteiger partial charge in [-0.3, -0.25) is 0 Å². The van der Waals surface area contributed by atoms with Gasteiger partial charge in [-0.25, -0.2) is 4.79 Å². The quantitative estimate of drug-likeness (QED) is 0.610. The lowest BCUT2D eigenvalue weighted by Gasteiger charge is -2.30. The molecule has 72 valence electrons. The Hall–Kier alpha value is -0.480. The maximum Gasteiger partial charge on any atom is 0.409 e. The van der Waals surface area contributed by atoms with Gasteiger partial charge in [0.05, 0.1) is 7.11 Å². The molecule has 0 saturated carbocycles. The Morgan fingerprint density at radius 2 is 2.33 bits per heavy atom. The van der Waals surface area contributed by atoms with E-state index >= 15 is 0 Å². The van der Waals surface area contributed by atoms with Gasteiger partial charge in [-0.15, -0.1) is 12.4 Å². The van der Waals surface area contributed by atoms with E-state index in [1.54, 1.807) is 4.90 Å². The van der Waals surface area contributed by atoms with Gasteiger partial charge in [-0.05, 0) is 6.92 Å². The third kappa shape index (κ3) is 2.87. The number of nitrogens with one attached hydrogen (secondary N) is 1. The van der Waals surface area contributed by atoms with Gasteiger partial charge in [0.25, 0.3) is 0 Å². The maximum atomic E-state index is 11.0. The number of carbonyl (C=O) groups is 1. The molecular weight excluding hydrogens is 180 g/mol. The molecule has 1 aliphatic rings. The molecular formula is C7H15ClN2O2. The van der Waals surface area contributed by atoms with E-state index in [0.717, 1.165) is 19.6 Å². The lowest BCUT2D eigenvalue weighted by Crippen LogP contribution is -2.51. The lowest BCUT2D eigenvalue weighted by atomic mass is 10.2. The van der Waals surface area contributed by atoms with E-state index in [1.807, 2.05) is 0 Å². The Bertz CT molecular complexity index is 154. The molecule has 1 fully saturated rings. The molecule has 1 rings (SSSR count). The maximum absolute atomic E-state index is 11.0. The van der Waals surface area contributed by atoms with Crippen LogP contribution < -0.4 is 5.32 Å². The first-order chi connectivity index (χ1) is 5.24. The first-order valence-electron chi connectivity index (χ1n) is 3.80. The van der Waals surface area contributed by atoms with Crippen molar-refractivity contribution >= 4 is 18.5 Å². The molecule has 0 unspecified atom stereocenters. The highest BCUT2D eigenvalue weighted by atomic mass is 35.5. The molecule has 0 aromatic heterocycles. The smallest absolute Gasteiger partial charge is 0.409 e. The highest BCUT2D eigenvalue weighted by Gasteiger charge is 2.20. The van der Waals surface area contributed by atoms with Gasteiger partial charge in [-0.1, -0.05) is 0 Å². The summed E-state index contributed by atoms with van der Waals surface area (Å²) in [5.74, 6) is 0. The number of hydrogen-bond acceptors (Lipinski definition) is 3. The number of amides is 1. The van der Waals surface area contributed by atoms with E-state index in [-0.39, 0.29) is 18.5 Å². The van der Waals surface area contributed by atoms with Gasteiger partial charge in [0.15, 0.2) is 0 Å². The van der Waals surface area contributed by atoms with Crippen LogP contribution in [0.4, 0.5) is 4.79 Å². The minimum atomic E-state index is -0.224. The topological polar surface area (TPSA) is 41.6 Å². The Labute approximate surface area is 78.7 Å². The number of hydrogen-bond donors (Lipinski definition) is 1. The van der Waals surface area contributed by atoms with Gasteiger partial charge < -0.3 is 15.0 Å². The molecule has 1 atom stereocenters. The fraction of sp³-hybridized carbons (Fsp3) is 0.857. The van der Waals surface area contributed by atoms with Crippen molar-refractivity contribution in [2.75, 3.05) is 26.7 Å². The summed E-state index contributed by atoms with van der Waals surface area (Å²) in [6.45, 7) is 4.40. The fourth-order valence-electron chi connectivity index (χ4n) is 1.23. The zero-order valence-electron chi connectivity index (χ0n) is 7.37.